The maximum Gasteiger partial charge on any atom is 0.224 e. The number of hydrogen-bond acceptors (Lipinski definition) is 5. The molecule has 1 aromatic heterocycles. The van der Waals surface area contributed by atoms with Gasteiger partial charge in [0.15, 0.2) is 11.6 Å². The van der Waals surface area contributed by atoms with Crippen LogP contribution < -0.4 is 10.2 Å². The fraction of sp³-hybridized carbons (Fsp3) is 0.583. The van der Waals surface area contributed by atoms with E-state index < -0.39 is 5.82 Å². The fourth-order valence-corrected chi connectivity index (χ4v) is 2.09. The summed E-state index contributed by atoms with van der Waals surface area (Å²) in [6.45, 7) is 1.34. The number of carbonyl (C=O) groups is 1. The second-order valence-electron chi connectivity index (χ2n) is 4.98. The molecule has 1 amide bonds. The summed E-state index contributed by atoms with van der Waals surface area (Å²) >= 11 is 0. The minimum Gasteiger partial charge on any atom is -0.360 e. The summed E-state index contributed by atoms with van der Waals surface area (Å²) in [5, 5.41) is 3.06. The minimum atomic E-state index is -0.452. The van der Waals surface area contributed by atoms with E-state index in [9.17, 15) is 9.18 Å². The minimum absolute atomic E-state index is 0.154. The molecule has 0 aliphatic carbocycles. The molecule has 1 fully saturated rings. The van der Waals surface area contributed by atoms with Gasteiger partial charge in [-0.2, -0.15) is 4.98 Å². The van der Waals surface area contributed by atoms with Crippen LogP contribution in [0.25, 0.3) is 0 Å². The number of carbonyl (C=O) groups excluding carboxylic acids is 1. The van der Waals surface area contributed by atoms with Crippen molar-refractivity contribution in [2.24, 2.45) is 5.92 Å². The summed E-state index contributed by atoms with van der Waals surface area (Å²) in [5.41, 5.74) is 0. The van der Waals surface area contributed by atoms with E-state index >= 15 is 0 Å². The summed E-state index contributed by atoms with van der Waals surface area (Å²) < 4.78 is 13.4. The van der Waals surface area contributed by atoms with Gasteiger partial charge in [-0.3, -0.25) is 4.79 Å². The van der Waals surface area contributed by atoms with E-state index in [1.54, 1.807) is 30.9 Å². The zero-order valence-corrected chi connectivity index (χ0v) is 11.4. The van der Waals surface area contributed by atoms with Crippen molar-refractivity contribution in [3.05, 3.63) is 12.0 Å². The van der Waals surface area contributed by atoms with E-state index in [4.69, 9.17) is 0 Å². The third-order valence-corrected chi connectivity index (χ3v) is 3.12. The Morgan fingerprint density at radius 2 is 2.32 bits per heavy atom. The molecule has 19 heavy (non-hydrogen) atoms. The van der Waals surface area contributed by atoms with Crippen LogP contribution in [0.3, 0.4) is 0 Å². The summed E-state index contributed by atoms with van der Waals surface area (Å²) in [6, 6.07) is 0. The summed E-state index contributed by atoms with van der Waals surface area (Å²) in [7, 11) is 5.24. The van der Waals surface area contributed by atoms with Crippen LogP contribution in [-0.4, -0.2) is 55.0 Å². The monoisotopic (exact) mass is 267 g/mol. The Labute approximate surface area is 111 Å². The highest BCUT2D eigenvalue weighted by atomic mass is 19.1. The number of rotatable bonds is 4. The van der Waals surface area contributed by atoms with Gasteiger partial charge >= 0.3 is 0 Å². The normalized spacial score (nSPS) is 18.8. The van der Waals surface area contributed by atoms with Crippen molar-refractivity contribution in [1.82, 2.24) is 14.9 Å². The lowest BCUT2D eigenvalue weighted by molar-refractivity contribution is -0.126. The van der Waals surface area contributed by atoms with E-state index in [-0.39, 0.29) is 17.6 Å². The van der Waals surface area contributed by atoms with Crippen molar-refractivity contribution >= 4 is 17.7 Å². The average Bonchev–Trinajstić information content (AvgIpc) is 2.67. The predicted octanol–water partition coefficient (Wildman–Crippen LogP) is 0.572. The molecule has 6 nitrogen and oxygen atoms in total. The first-order valence-corrected chi connectivity index (χ1v) is 6.15. The maximum atomic E-state index is 13.4. The topological polar surface area (TPSA) is 61.4 Å². The lowest BCUT2D eigenvalue weighted by Gasteiger charge is -2.14. The molecule has 0 radical (unpaired) electrons. The highest BCUT2D eigenvalue weighted by Crippen LogP contribution is 2.18. The van der Waals surface area contributed by atoms with Crippen LogP contribution in [-0.2, 0) is 4.79 Å². The Morgan fingerprint density at radius 3 is 2.89 bits per heavy atom. The molecule has 1 atom stereocenters. The Kier molecular flexibility index (Phi) is 3.82. The van der Waals surface area contributed by atoms with Crippen LogP contribution in [0.2, 0.25) is 0 Å². The third-order valence-electron chi connectivity index (χ3n) is 3.12. The second kappa shape index (κ2) is 5.38. The van der Waals surface area contributed by atoms with Gasteiger partial charge in [-0.05, 0) is 0 Å². The number of nitrogens with one attached hydrogen (secondary N) is 1. The molecule has 1 unspecified atom stereocenters. The number of amides is 1. The van der Waals surface area contributed by atoms with Gasteiger partial charge in [0.25, 0.3) is 0 Å². The molecule has 2 rings (SSSR count). The quantitative estimate of drug-likeness (QED) is 0.864. The number of nitrogens with zero attached hydrogens (tertiary/aromatic N) is 4. The first-order valence-electron chi connectivity index (χ1n) is 6.15. The molecule has 0 bridgehead atoms. The highest BCUT2D eigenvalue weighted by molar-refractivity contribution is 5.78. The smallest absolute Gasteiger partial charge is 0.224 e. The Hall–Kier alpha value is -1.92. The van der Waals surface area contributed by atoms with Crippen molar-refractivity contribution < 1.29 is 9.18 Å². The predicted molar refractivity (Wildman–Crippen MR) is 70.6 cm³/mol. The van der Waals surface area contributed by atoms with Gasteiger partial charge in [0.1, 0.15) is 0 Å². The molecule has 2 heterocycles. The molecule has 0 spiro atoms. The van der Waals surface area contributed by atoms with Gasteiger partial charge in [-0.1, -0.05) is 0 Å². The molecule has 104 valence electrons. The van der Waals surface area contributed by atoms with Crippen molar-refractivity contribution in [1.29, 1.82) is 0 Å². The van der Waals surface area contributed by atoms with Crippen LogP contribution in [0.15, 0.2) is 6.20 Å². The van der Waals surface area contributed by atoms with Crippen molar-refractivity contribution in [3.8, 4) is 0 Å². The molecule has 1 aliphatic heterocycles. The van der Waals surface area contributed by atoms with Gasteiger partial charge in [0, 0.05) is 46.6 Å². The Balaban J connectivity index is 1.97. The van der Waals surface area contributed by atoms with E-state index in [1.807, 2.05) is 0 Å². The summed E-state index contributed by atoms with van der Waals surface area (Å²) in [4.78, 5) is 22.7. The molecule has 0 saturated carbocycles. The van der Waals surface area contributed by atoms with Crippen molar-refractivity contribution in [2.45, 2.75) is 6.42 Å². The summed E-state index contributed by atoms with van der Waals surface area (Å²) in [5.74, 6) is 0.574. The van der Waals surface area contributed by atoms with E-state index in [2.05, 4.69) is 15.3 Å². The fourth-order valence-electron chi connectivity index (χ4n) is 2.09. The lowest BCUT2D eigenvalue weighted by Crippen LogP contribution is -2.22. The van der Waals surface area contributed by atoms with Crippen LogP contribution in [0, 0.1) is 11.7 Å². The van der Waals surface area contributed by atoms with Crippen LogP contribution in [0.5, 0.6) is 0 Å². The molecule has 7 heteroatoms. The molecule has 1 aromatic rings. The summed E-state index contributed by atoms with van der Waals surface area (Å²) in [6.07, 6.45) is 1.68. The number of halogens is 1. The molecule has 1 N–H and O–H groups in total. The second-order valence-corrected chi connectivity index (χ2v) is 4.98. The average molecular weight is 267 g/mol. The Bertz CT molecular complexity index is 479. The zero-order valence-electron chi connectivity index (χ0n) is 11.4. The number of anilines is 2. The first kappa shape index (κ1) is 13.5. The van der Waals surface area contributed by atoms with Gasteiger partial charge < -0.3 is 15.1 Å². The van der Waals surface area contributed by atoms with Crippen LogP contribution in [0.1, 0.15) is 6.42 Å². The van der Waals surface area contributed by atoms with E-state index in [0.29, 0.717) is 18.9 Å². The van der Waals surface area contributed by atoms with Crippen molar-refractivity contribution in [2.75, 3.05) is 44.4 Å². The standard InChI is InChI=1S/C12H18FN5O/c1-17(2)11-9(13)6-15-12(16-11)14-5-8-4-10(19)18(3)7-8/h6,8H,4-5,7H2,1-3H3,(H,14,15,16). The van der Waals surface area contributed by atoms with Gasteiger partial charge in [-0.25, -0.2) is 9.37 Å². The highest BCUT2D eigenvalue weighted by Gasteiger charge is 2.26. The van der Waals surface area contributed by atoms with E-state index in [0.717, 1.165) is 12.7 Å². The lowest BCUT2D eigenvalue weighted by atomic mass is 10.1. The number of likely N-dealkylation sites (tertiary alicyclic amines) is 1. The van der Waals surface area contributed by atoms with Gasteiger partial charge in [-0.15, -0.1) is 0 Å². The van der Waals surface area contributed by atoms with Crippen LogP contribution >= 0.6 is 0 Å². The third kappa shape index (κ3) is 3.10. The molecule has 1 aliphatic rings. The maximum absolute atomic E-state index is 13.4. The first-order chi connectivity index (χ1) is 8.97. The SMILES string of the molecule is CN1CC(CNc2ncc(F)c(N(C)C)n2)CC1=O. The zero-order chi connectivity index (χ0) is 14.0. The van der Waals surface area contributed by atoms with Crippen molar-refractivity contribution in [3.63, 3.8) is 0 Å². The molecular weight excluding hydrogens is 249 g/mol. The van der Waals surface area contributed by atoms with Gasteiger partial charge in [0.05, 0.1) is 6.20 Å². The molecular formula is C12H18FN5O. The largest absolute Gasteiger partial charge is 0.360 e. The van der Waals surface area contributed by atoms with Crippen LogP contribution in [0.4, 0.5) is 16.2 Å². The molecule has 1 saturated heterocycles. The number of aromatic nitrogens is 2. The molecule has 0 aromatic carbocycles. The van der Waals surface area contributed by atoms with E-state index in [1.165, 1.54) is 0 Å². The van der Waals surface area contributed by atoms with Gasteiger partial charge in [0.2, 0.25) is 11.9 Å². The number of hydrogen-bond donors (Lipinski definition) is 1. The Morgan fingerprint density at radius 1 is 1.58 bits per heavy atom.